The third-order valence-electron chi connectivity index (χ3n) is 1.43. The molecule has 3 nitrogen and oxygen atoms in total. The van der Waals surface area contributed by atoms with Crippen LogP contribution in [0.15, 0.2) is 30.3 Å². The lowest BCUT2D eigenvalue weighted by molar-refractivity contribution is -0.193. The molecule has 1 aromatic rings. The quantitative estimate of drug-likeness (QED) is 0.534. The van der Waals surface area contributed by atoms with E-state index in [0.717, 1.165) is 0 Å². The highest BCUT2D eigenvalue weighted by molar-refractivity contribution is 5.98. The standard InChI is InChI=1S/C9H5F3O3/c10-9(11,12)8(14)15-7(13)6-4-2-1-3-5-6/h1-5H. The Bertz CT molecular complexity index is 370. The van der Waals surface area contributed by atoms with Crippen LogP contribution >= 0.6 is 0 Å². The first-order chi connectivity index (χ1) is 6.91. The molecule has 6 heteroatoms. The predicted octanol–water partition coefficient (Wildman–Crippen LogP) is 1.93. The summed E-state index contributed by atoms with van der Waals surface area (Å²) in [6.45, 7) is 0. The third-order valence-corrected chi connectivity index (χ3v) is 1.43. The van der Waals surface area contributed by atoms with Gasteiger partial charge in [0.05, 0.1) is 5.56 Å². The summed E-state index contributed by atoms with van der Waals surface area (Å²) in [6, 6.07) is 6.93. The summed E-state index contributed by atoms with van der Waals surface area (Å²) < 4.78 is 38.7. The summed E-state index contributed by atoms with van der Waals surface area (Å²) in [5, 5.41) is 0. The minimum Gasteiger partial charge on any atom is -0.383 e. The van der Waals surface area contributed by atoms with Crippen LogP contribution in [0.1, 0.15) is 10.4 Å². The van der Waals surface area contributed by atoms with E-state index >= 15 is 0 Å². The second kappa shape index (κ2) is 4.12. The number of hydrogen-bond donors (Lipinski definition) is 0. The number of halogens is 3. The number of esters is 2. The minimum atomic E-state index is -5.16. The van der Waals surface area contributed by atoms with Crippen LogP contribution in [0, 0.1) is 0 Å². The lowest BCUT2D eigenvalue weighted by Crippen LogP contribution is -2.27. The van der Waals surface area contributed by atoms with Gasteiger partial charge in [0, 0.05) is 0 Å². The van der Waals surface area contributed by atoms with Crippen molar-refractivity contribution >= 4 is 11.9 Å². The maximum atomic E-state index is 11.7. The molecule has 0 saturated heterocycles. The van der Waals surface area contributed by atoms with E-state index in [1.54, 1.807) is 6.07 Å². The zero-order chi connectivity index (χ0) is 11.5. The van der Waals surface area contributed by atoms with Crippen LogP contribution < -0.4 is 0 Å². The van der Waals surface area contributed by atoms with Gasteiger partial charge in [-0.3, -0.25) is 0 Å². The number of benzene rings is 1. The van der Waals surface area contributed by atoms with Crippen LogP contribution in [0.5, 0.6) is 0 Å². The fourth-order valence-corrected chi connectivity index (χ4v) is 0.775. The molecule has 1 rings (SSSR count). The van der Waals surface area contributed by atoms with Gasteiger partial charge >= 0.3 is 18.1 Å². The van der Waals surface area contributed by atoms with E-state index in [1.165, 1.54) is 24.3 Å². The maximum Gasteiger partial charge on any atom is 0.491 e. The smallest absolute Gasteiger partial charge is 0.383 e. The molecular formula is C9H5F3O3. The molecule has 0 saturated carbocycles. The van der Waals surface area contributed by atoms with E-state index in [0.29, 0.717) is 0 Å². The van der Waals surface area contributed by atoms with E-state index in [-0.39, 0.29) is 5.56 Å². The van der Waals surface area contributed by atoms with Crippen molar-refractivity contribution in [2.24, 2.45) is 0 Å². The van der Waals surface area contributed by atoms with E-state index in [9.17, 15) is 22.8 Å². The number of carbonyl (C=O) groups is 2. The molecule has 0 aliphatic carbocycles. The summed E-state index contributed by atoms with van der Waals surface area (Å²) in [4.78, 5) is 21.2. The van der Waals surface area contributed by atoms with Crippen LogP contribution in [0.2, 0.25) is 0 Å². The summed E-state index contributed by atoms with van der Waals surface area (Å²) in [5.41, 5.74) is -0.116. The Morgan fingerprint density at radius 2 is 1.60 bits per heavy atom. The minimum absolute atomic E-state index is 0.116. The van der Waals surface area contributed by atoms with E-state index in [4.69, 9.17) is 0 Å². The van der Waals surface area contributed by atoms with Gasteiger partial charge in [-0.25, -0.2) is 9.59 Å². The van der Waals surface area contributed by atoms with Crippen LogP contribution in [0.4, 0.5) is 13.2 Å². The Balaban J connectivity index is 2.70. The van der Waals surface area contributed by atoms with Gasteiger partial charge in [-0.05, 0) is 12.1 Å². The lowest BCUT2D eigenvalue weighted by Gasteiger charge is -2.04. The molecule has 0 aliphatic heterocycles. The molecule has 0 heterocycles. The number of carbonyl (C=O) groups excluding carboxylic acids is 2. The molecule has 0 unspecified atom stereocenters. The highest BCUT2D eigenvalue weighted by Crippen LogP contribution is 2.17. The predicted molar refractivity (Wildman–Crippen MR) is 42.9 cm³/mol. The van der Waals surface area contributed by atoms with Gasteiger partial charge in [-0.2, -0.15) is 13.2 Å². The zero-order valence-electron chi connectivity index (χ0n) is 7.25. The average molecular weight is 218 g/mol. The molecule has 0 aromatic heterocycles. The van der Waals surface area contributed by atoms with Gasteiger partial charge in [-0.1, -0.05) is 18.2 Å². The number of hydrogen-bond acceptors (Lipinski definition) is 3. The summed E-state index contributed by atoms with van der Waals surface area (Å²) in [6.07, 6.45) is -5.16. The lowest BCUT2D eigenvalue weighted by atomic mass is 10.2. The Morgan fingerprint density at radius 3 is 2.07 bits per heavy atom. The molecule has 1 aromatic carbocycles. The Kier molecular flexibility index (Phi) is 3.08. The van der Waals surface area contributed by atoms with Crippen molar-refractivity contribution < 1.29 is 27.5 Å². The molecule has 0 bridgehead atoms. The van der Waals surface area contributed by atoms with Crippen molar-refractivity contribution in [1.82, 2.24) is 0 Å². The second-order valence-corrected chi connectivity index (χ2v) is 2.54. The van der Waals surface area contributed by atoms with Gasteiger partial charge in [0.1, 0.15) is 0 Å². The van der Waals surface area contributed by atoms with Crippen molar-refractivity contribution in [2.75, 3.05) is 0 Å². The third kappa shape index (κ3) is 3.08. The van der Waals surface area contributed by atoms with Crippen molar-refractivity contribution in [3.05, 3.63) is 35.9 Å². The molecule has 0 radical (unpaired) electrons. The molecular weight excluding hydrogens is 213 g/mol. The van der Waals surface area contributed by atoms with Gasteiger partial charge in [0.25, 0.3) is 0 Å². The molecule has 0 atom stereocenters. The van der Waals surface area contributed by atoms with Crippen LogP contribution in [-0.4, -0.2) is 18.1 Å². The maximum absolute atomic E-state index is 11.7. The summed E-state index contributed by atoms with van der Waals surface area (Å²) in [7, 11) is 0. The molecule has 0 N–H and O–H groups in total. The second-order valence-electron chi connectivity index (χ2n) is 2.54. The first-order valence-electron chi connectivity index (χ1n) is 3.79. The van der Waals surface area contributed by atoms with Crippen molar-refractivity contribution in [2.45, 2.75) is 6.18 Å². The normalized spacial score (nSPS) is 10.9. The first kappa shape index (κ1) is 11.2. The van der Waals surface area contributed by atoms with E-state index in [2.05, 4.69) is 4.74 Å². The fraction of sp³-hybridized carbons (Fsp3) is 0.111. The largest absolute Gasteiger partial charge is 0.491 e. The van der Waals surface area contributed by atoms with Crippen LogP contribution in [0.3, 0.4) is 0 Å². The summed E-state index contributed by atoms with van der Waals surface area (Å²) >= 11 is 0. The SMILES string of the molecule is O=C(OC(=O)C(F)(F)F)c1ccccc1. The number of rotatable bonds is 1. The molecule has 0 spiro atoms. The molecule has 15 heavy (non-hydrogen) atoms. The summed E-state index contributed by atoms with van der Waals surface area (Å²) in [5.74, 6) is -3.84. The molecule has 0 fully saturated rings. The number of ether oxygens (including phenoxy) is 1. The van der Waals surface area contributed by atoms with Crippen molar-refractivity contribution in [1.29, 1.82) is 0 Å². The Morgan fingerprint density at radius 1 is 1.07 bits per heavy atom. The molecule has 0 amide bonds. The zero-order valence-corrected chi connectivity index (χ0v) is 7.25. The van der Waals surface area contributed by atoms with E-state index < -0.39 is 18.1 Å². The number of alkyl halides is 3. The van der Waals surface area contributed by atoms with Crippen LogP contribution in [-0.2, 0) is 9.53 Å². The van der Waals surface area contributed by atoms with Gasteiger partial charge in [-0.15, -0.1) is 0 Å². The molecule has 0 aliphatic rings. The fourth-order valence-electron chi connectivity index (χ4n) is 0.775. The Labute approximate surface area is 82.5 Å². The topological polar surface area (TPSA) is 43.4 Å². The molecule has 80 valence electrons. The first-order valence-corrected chi connectivity index (χ1v) is 3.79. The highest BCUT2D eigenvalue weighted by Gasteiger charge is 2.42. The van der Waals surface area contributed by atoms with Gasteiger partial charge in [0.2, 0.25) is 0 Å². The highest BCUT2D eigenvalue weighted by atomic mass is 19.4. The van der Waals surface area contributed by atoms with Crippen molar-refractivity contribution in [3.63, 3.8) is 0 Å². The Hall–Kier alpha value is -1.85. The monoisotopic (exact) mass is 218 g/mol. The van der Waals surface area contributed by atoms with Gasteiger partial charge < -0.3 is 4.74 Å². The van der Waals surface area contributed by atoms with Gasteiger partial charge in [0.15, 0.2) is 0 Å². The average Bonchev–Trinajstić information content (AvgIpc) is 2.17. The van der Waals surface area contributed by atoms with Crippen molar-refractivity contribution in [3.8, 4) is 0 Å². The van der Waals surface area contributed by atoms with E-state index in [1.807, 2.05) is 0 Å². The van der Waals surface area contributed by atoms with Crippen LogP contribution in [0.25, 0.3) is 0 Å².